The van der Waals surface area contributed by atoms with Crippen LogP contribution >= 0.6 is 27.7 Å². The number of rotatable bonds is 9. The Morgan fingerprint density at radius 1 is 1.15 bits per heavy atom. The van der Waals surface area contributed by atoms with Gasteiger partial charge in [0.25, 0.3) is 0 Å². The zero-order valence-corrected chi connectivity index (χ0v) is 24.3. The van der Waals surface area contributed by atoms with Crippen LogP contribution in [0.3, 0.4) is 0 Å². The minimum atomic E-state index is -0.892. The van der Waals surface area contributed by atoms with Gasteiger partial charge in [0.05, 0.1) is 34.7 Å². The normalized spacial score (nSPS) is 29.5. The zero-order valence-electron chi connectivity index (χ0n) is 21.9. The first-order valence-electron chi connectivity index (χ1n) is 13.5. The molecule has 2 aromatic carbocycles. The van der Waals surface area contributed by atoms with Gasteiger partial charge in [0.2, 0.25) is 17.7 Å². The molecule has 3 aliphatic rings. The van der Waals surface area contributed by atoms with Gasteiger partial charge in [-0.05, 0) is 30.5 Å². The summed E-state index contributed by atoms with van der Waals surface area (Å²) in [6, 6.07) is 15.1. The minimum Gasteiger partial charge on any atom is -0.394 e. The zero-order chi connectivity index (χ0) is 28.0. The number of aliphatic hydroxyl groups excluding tert-OH is 1. The van der Waals surface area contributed by atoms with Crippen LogP contribution in [0.25, 0.3) is 11.0 Å². The molecule has 3 unspecified atom stereocenters. The van der Waals surface area contributed by atoms with Gasteiger partial charge in [0.15, 0.2) is 0 Å². The Labute approximate surface area is 244 Å². The van der Waals surface area contributed by atoms with Crippen LogP contribution in [0.4, 0.5) is 0 Å². The number of carbonyl (C=O) groups is 3. The number of nitrogens with one attached hydrogen (secondary N) is 2. The average Bonchev–Trinajstić information content (AvgIpc) is 3.69. The summed E-state index contributed by atoms with van der Waals surface area (Å²) in [5, 5.41) is 24.8. The quantitative estimate of drug-likeness (QED) is 0.311. The number of amides is 3. The maximum atomic E-state index is 14.4. The molecule has 6 rings (SSSR count). The topological polar surface area (TPSA) is 129 Å². The number of nitrogens with zero attached hydrogens (tertiary/aromatic N) is 4. The van der Waals surface area contributed by atoms with E-state index in [2.05, 4.69) is 36.9 Å². The minimum absolute atomic E-state index is 0.0299. The van der Waals surface area contributed by atoms with Crippen molar-refractivity contribution in [2.24, 2.45) is 11.8 Å². The molecular formula is C28H31BrN6O4S. The molecule has 1 aromatic heterocycles. The maximum absolute atomic E-state index is 14.4. The van der Waals surface area contributed by atoms with Crippen LogP contribution in [0, 0.1) is 11.8 Å². The predicted octanol–water partition coefficient (Wildman–Crippen LogP) is 2.23. The lowest BCUT2D eigenvalue weighted by atomic mass is 9.70. The molecule has 0 saturated carbocycles. The smallest absolute Gasteiger partial charge is 0.245 e. The van der Waals surface area contributed by atoms with Gasteiger partial charge in [-0.3, -0.25) is 14.4 Å². The van der Waals surface area contributed by atoms with Gasteiger partial charge in [-0.15, -0.1) is 16.9 Å². The van der Waals surface area contributed by atoms with Crippen LogP contribution in [0.15, 0.2) is 54.6 Å². The summed E-state index contributed by atoms with van der Waals surface area (Å²) in [6.07, 6.45) is 1.34. The van der Waals surface area contributed by atoms with Crippen LogP contribution < -0.4 is 10.6 Å². The van der Waals surface area contributed by atoms with Crippen molar-refractivity contribution >= 4 is 56.4 Å². The molecule has 0 aliphatic carbocycles. The van der Waals surface area contributed by atoms with Gasteiger partial charge in [-0.25, -0.2) is 4.68 Å². The van der Waals surface area contributed by atoms with E-state index in [9.17, 15) is 19.5 Å². The molecule has 3 saturated heterocycles. The molecule has 12 heteroatoms. The molecule has 10 nitrogen and oxygen atoms in total. The summed E-state index contributed by atoms with van der Waals surface area (Å²) in [5.41, 5.74) is 2.22. The Balaban J connectivity index is 1.38. The third-order valence-corrected chi connectivity index (χ3v) is 11.6. The molecular weight excluding hydrogens is 596 g/mol. The number of aromatic nitrogens is 3. The van der Waals surface area contributed by atoms with Crippen molar-refractivity contribution in [2.75, 3.05) is 13.2 Å². The highest BCUT2D eigenvalue weighted by Gasteiger charge is 2.76. The third kappa shape index (κ3) is 4.22. The second-order valence-corrected chi connectivity index (χ2v) is 13.3. The molecule has 3 aliphatic heterocycles. The number of aliphatic hydroxyl groups is 1. The lowest BCUT2D eigenvalue weighted by Crippen LogP contribution is -2.55. The van der Waals surface area contributed by atoms with Gasteiger partial charge in [0.1, 0.15) is 18.2 Å². The Morgan fingerprint density at radius 2 is 1.90 bits per heavy atom. The van der Waals surface area contributed by atoms with Gasteiger partial charge in [-0.1, -0.05) is 70.5 Å². The summed E-state index contributed by atoms with van der Waals surface area (Å²) in [5.74, 6) is -2.00. The van der Waals surface area contributed by atoms with E-state index in [1.54, 1.807) is 21.3 Å². The SMILES string of the molecule is CCCNC(=O)[C@H]1[C@H]2C(=O)N([C@H](CO)c3ccccc3)C(C(=O)NCn3nnc4ccccc43)C23CC(Br)[C@@H]1S3. The second-order valence-electron chi connectivity index (χ2n) is 10.6. The van der Waals surface area contributed by atoms with Crippen molar-refractivity contribution in [3.8, 4) is 0 Å². The van der Waals surface area contributed by atoms with Crippen molar-refractivity contribution in [3.63, 3.8) is 0 Å². The number of para-hydroxylation sites is 1. The fourth-order valence-corrected chi connectivity index (χ4v) is 10.3. The summed E-state index contributed by atoms with van der Waals surface area (Å²) in [4.78, 5) is 43.5. The fraction of sp³-hybridized carbons (Fsp3) is 0.464. The highest BCUT2D eigenvalue weighted by molar-refractivity contribution is 9.09. The summed E-state index contributed by atoms with van der Waals surface area (Å²) >= 11 is 5.36. The number of hydrogen-bond donors (Lipinski definition) is 3. The molecule has 3 fully saturated rings. The fourth-order valence-electron chi connectivity index (χ4n) is 6.68. The number of thioether (sulfide) groups is 1. The number of benzene rings is 2. The number of carbonyl (C=O) groups excluding carboxylic acids is 3. The standard InChI is InChI=1S/C28H31BrN6O4S/c1-2-12-30-25(37)21-22-27(39)35(20(14-36)16-8-4-3-5-9-16)24(28(22)13-17(29)23(21)40-28)26(38)31-15-34-19-11-7-6-10-18(19)32-33-34/h3-11,17,20-24,36H,2,12-15H2,1H3,(H,30,37)(H,31,38)/t17?,20-,21+,22+,23+,24?,28?/m1/s1. The third-order valence-electron chi connectivity index (χ3n) is 8.34. The van der Waals surface area contributed by atoms with Crippen molar-refractivity contribution < 1.29 is 19.5 Å². The van der Waals surface area contributed by atoms with Gasteiger partial charge >= 0.3 is 0 Å². The largest absolute Gasteiger partial charge is 0.394 e. The second kappa shape index (κ2) is 10.8. The number of fused-ring (bicyclic) bond motifs is 2. The van der Waals surface area contributed by atoms with E-state index < -0.39 is 28.7 Å². The van der Waals surface area contributed by atoms with E-state index in [1.165, 1.54) is 0 Å². The Morgan fingerprint density at radius 3 is 2.65 bits per heavy atom. The Hall–Kier alpha value is -2.96. The van der Waals surface area contributed by atoms with Crippen LogP contribution in [-0.2, 0) is 21.1 Å². The van der Waals surface area contributed by atoms with Gasteiger partial charge < -0.3 is 20.6 Å². The van der Waals surface area contributed by atoms with Crippen molar-refractivity contribution in [3.05, 3.63) is 60.2 Å². The first-order chi connectivity index (χ1) is 19.4. The molecule has 3 N–H and O–H groups in total. The summed E-state index contributed by atoms with van der Waals surface area (Å²) in [7, 11) is 0. The molecule has 4 heterocycles. The van der Waals surface area contributed by atoms with Crippen molar-refractivity contribution in [2.45, 2.75) is 53.3 Å². The van der Waals surface area contributed by atoms with Crippen molar-refractivity contribution in [1.29, 1.82) is 0 Å². The number of likely N-dealkylation sites (tertiary alicyclic amines) is 1. The highest BCUT2D eigenvalue weighted by atomic mass is 79.9. The van der Waals surface area contributed by atoms with E-state index in [4.69, 9.17) is 0 Å². The van der Waals surface area contributed by atoms with Crippen LogP contribution in [0.2, 0.25) is 0 Å². The number of alkyl halides is 1. The van der Waals surface area contributed by atoms with Crippen LogP contribution in [0.5, 0.6) is 0 Å². The van der Waals surface area contributed by atoms with Crippen molar-refractivity contribution in [1.82, 2.24) is 30.5 Å². The maximum Gasteiger partial charge on any atom is 0.245 e. The number of halogens is 1. The number of hydrogen-bond acceptors (Lipinski definition) is 7. The Bertz CT molecular complexity index is 1440. The monoisotopic (exact) mass is 626 g/mol. The van der Waals surface area contributed by atoms with E-state index in [0.717, 1.165) is 17.5 Å². The van der Waals surface area contributed by atoms with Gasteiger partial charge in [0, 0.05) is 16.6 Å². The molecule has 7 atom stereocenters. The molecule has 0 radical (unpaired) electrons. The van der Waals surface area contributed by atoms with E-state index in [1.807, 2.05) is 61.5 Å². The van der Waals surface area contributed by atoms with E-state index >= 15 is 0 Å². The molecule has 3 aromatic rings. The first kappa shape index (κ1) is 27.2. The summed E-state index contributed by atoms with van der Waals surface area (Å²) < 4.78 is 0.790. The Kier molecular flexibility index (Phi) is 7.34. The van der Waals surface area contributed by atoms with Crippen LogP contribution in [-0.4, -0.2) is 76.7 Å². The first-order valence-corrected chi connectivity index (χ1v) is 15.3. The van der Waals surface area contributed by atoms with E-state index in [-0.39, 0.29) is 41.1 Å². The molecule has 40 heavy (non-hydrogen) atoms. The highest BCUT2D eigenvalue weighted by Crippen LogP contribution is 2.68. The molecule has 1 spiro atoms. The average molecular weight is 628 g/mol. The molecule has 210 valence electrons. The lowest BCUT2D eigenvalue weighted by Gasteiger charge is -2.37. The van der Waals surface area contributed by atoms with Crippen LogP contribution in [0.1, 0.15) is 31.4 Å². The van der Waals surface area contributed by atoms with E-state index in [0.29, 0.717) is 18.5 Å². The lowest BCUT2D eigenvalue weighted by molar-refractivity contribution is -0.143. The summed E-state index contributed by atoms with van der Waals surface area (Å²) in [6.45, 7) is 2.22. The van der Waals surface area contributed by atoms with Gasteiger partial charge in [-0.2, -0.15) is 0 Å². The molecule has 2 bridgehead atoms. The molecule has 3 amide bonds. The predicted molar refractivity (Wildman–Crippen MR) is 154 cm³/mol.